The maximum absolute atomic E-state index is 5.49. The molecule has 2 N–H and O–H groups in total. The van der Waals surface area contributed by atoms with Crippen LogP contribution < -0.4 is 5.32 Å². The Morgan fingerprint density at radius 1 is 1.33 bits per heavy atom. The van der Waals surface area contributed by atoms with Crippen molar-refractivity contribution in [2.75, 3.05) is 26.2 Å². The maximum atomic E-state index is 5.49. The SMILES string of the molecule is S=C(c1cccc(Br)c1)N1CC[NH2+]CC1. The van der Waals surface area contributed by atoms with Gasteiger partial charge in [-0.3, -0.25) is 0 Å². The second-order valence-electron chi connectivity index (χ2n) is 3.67. The topological polar surface area (TPSA) is 19.9 Å². The fraction of sp³-hybridized carbons (Fsp3) is 0.364. The predicted molar refractivity (Wildman–Crippen MR) is 69.1 cm³/mol. The van der Waals surface area contributed by atoms with E-state index in [0.29, 0.717) is 0 Å². The van der Waals surface area contributed by atoms with Crippen LogP contribution in [0.25, 0.3) is 0 Å². The number of nitrogens with two attached hydrogens (primary N) is 1. The van der Waals surface area contributed by atoms with Gasteiger partial charge in [-0.25, -0.2) is 0 Å². The van der Waals surface area contributed by atoms with Gasteiger partial charge in [0.25, 0.3) is 0 Å². The minimum absolute atomic E-state index is 0.976. The molecule has 15 heavy (non-hydrogen) atoms. The van der Waals surface area contributed by atoms with Crippen molar-refractivity contribution in [2.45, 2.75) is 0 Å². The molecule has 0 unspecified atom stereocenters. The Kier molecular flexibility index (Phi) is 3.72. The number of thiocarbonyl (C=S) groups is 1. The molecule has 4 heteroatoms. The van der Waals surface area contributed by atoms with Crippen LogP contribution in [0.5, 0.6) is 0 Å². The first-order valence-corrected chi connectivity index (χ1v) is 6.34. The summed E-state index contributed by atoms with van der Waals surface area (Å²) in [6, 6.07) is 8.21. The second-order valence-corrected chi connectivity index (χ2v) is 4.97. The molecular weight excluding hydrogens is 272 g/mol. The first-order chi connectivity index (χ1) is 7.27. The molecule has 2 nitrogen and oxygen atoms in total. The van der Waals surface area contributed by atoms with Crippen molar-refractivity contribution in [1.82, 2.24) is 4.90 Å². The fourth-order valence-corrected chi connectivity index (χ4v) is 2.47. The average Bonchev–Trinajstić information content (AvgIpc) is 2.29. The zero-order chi connectivity index (χ0) is 10.7. The van der Waals surface area contributed by atoms with E-state index in [9.17, 15) is 0 Å². The Balaban J connectivity index is 2.12. The fourth-order valence-electron chi connectivity index (χ4n) is 1.76. The third-order valence-electron chi connectivity index (χ3n) is 2.57. The molecule has 1 aliphatic heterocycles. The minimum atomic E-state index is 0.976. The van der Waals surface area contributed by atoms with Gasteiger partial charge in [0.1, 0.15) is 4.99 Å². The van der Waals surface area contributed by atoms with Gasteiger partial charge in [-0.05, 0) is 12.1 Å². The van der Waals surface area contributed by atoms with Gasteiger partial charge >= 0.3 is 0 Å². The Morgan fingerprint density at radius 3 is 2.73 bits per heavy atom. The lowest BCUT2D eigenvalue weighted by Crippen LogP contribution is -2.89. The van der Waals surface area contributed by atoms with Crippen LogP contribution in [0.2, 0.25) is 0 Å². The van der Waals surface area contributed by atoms with E-state index >= 15 is 0 Å². The summed E-state index contributed by atoms with van der Waals surface area (Å²) in [6.07, 6.45) is 0. The van der Waals surface area contributed by atoms with Crippen LogP contribution in [0.15, 0.2) is 28.7 Å². The van der Waals surface area contributed by atoms with Crippen molar-refractivity contribution < 1.29 is 5.32 Å². The van der Waals surface area contributed by atoms with Crippen LogP contribution in [0.3, 0.4) is 0 Å². The number of piperazine rings is 1. The molecule has 0 atom stereocenters. The predicted octanol–water partition coefficient (Wildman–Crippen LogP) is 1.00. The molecule has 0 aliphatic carbocycles. The molecule has 0 amide bonds. The van der Waals surface area contributed by atoms with E-state index in [1.54, 1.807) is 0 Å². The van der Waals surface area contributed by atoms with Crippen LogP contribution in [-0.2, 0) is 0 Å². The minimum Gasteiger partial charge on any atom is -0.351 e. The highest BCUT2D eigenvalue weighted by Gasteiger charge is 2.16. The zero-order valence-corrected chi connectivity index (χ0v) is 10.9. The number of rotatable bonds is 1. The lowest BCUT2D eigenvalue weighted by Gasteiger charge is -2.27. The summed E-state index contributed by atoms with van der Waals surface area (Å²) in [5.41, 5.74) is 1.14. The normalized spacial score (nSPS) is 16.5. The quantitative estimate of drug-likeness (QED) is 0.777. The Labute approximate surface area is 104 Å². The van der Waals surface area contributed by atoms with Crippen molar-refractivity contribution in [3.05, 3.63) is 34.3 Å². The highest BCUT2D eigenvalue weighted by molar-refractivity contribution is 9.10. The first-order valence-electron chi connectivity index (χ1n) is 5.14. The first kappa shape index (κ1) is 11.0. The number of nitrogens with zero attached hydrogens (tertiary/aromatic N) is 1. The molecular formula is C11H14BrN2S+. The zero-order valence-electron chi connectivity index (χ0n) is 8.45. The van der Waals surface area contributed by atoms with Gasteiger partial charge < -0.3 is 10.2 Å². The number of hydrogen-bond acceptors (Lipinski definition) is 1. The summed E-state index contributed by atoms with van der Waals surface area (Å²) >= 11 is 8.96. The van der Waals surface area contributed by atoms with E-state index in [4.69, 9.17) is 12.2 Å². The summed E-state index contributed by atoms with van der Waals surface area (Å²) in [7, 11) is 0. The average molecular weight is 286 g/mol. The van der Waals surface area contributed by atoms with Crippen molar-refractivity contribution >= 4 is 33.1 Å². The highest BCUT2D eigenvalue weighted by Crippen LogP contribution is 2.14. The molecule has 1 heterocycles. The monoisotopic (exact) mass is 285 g/mol. The molecule has 1 aromatic rings. The van der Waals surface area contributed by atoms with Crippen LogP contribution >= 0.6 is 28.1 Å². The molecule has 0 saturated carbocycles. The molecule has 0 radical (unpaired) electrons. The second kappa shape index (κ2) is 5.05. The van der Waals surface area contributed by atoms with Crippen molar-refractivity contribution in [3.8, 4) is 0 Å². The molecule has 1 aromatic carbocycles. The van der Waals surface area contributed by atoms with Gasteiger partial charge in [0.2, 0.25) is 0 Å². The van der Waals surface area contributed by atoms with E-state index in [1.807, 2.05) is 12.1 Å². The van der Waals surface area contributed by atoms with Crippen LogP contribution in [0.1, 0.15) is 5.56 Å². The molecule has 2 rings (SSSR count). The Bertz CT molecular complexity index is 361. The summed E-state index contributed by atoms with van der Waals surface area (Å²) < 4.78 is 1.09. The van der Waals surface area contributed by atoms with Gasteiger partial charge in [0, 0.05) is 10.0 Å². The maximum Gasteiger partial charge on any atom is 0.109 e. The lowest BCUT2D eigenvalue weighted by molar-refractivity contribution is -0.661. The number of benzene rings is 1. The number of halogens is 1. The number of quaternary nitrogens is 1. The standard InChI is InChI=1S/C11H13BrN2S/c12-10-3-1-2-9(8-10)11(15)14-6-4-13-5-7-14/h1-3,8,13H,4-7H2/p+1. The van der Waals surface area contributed by atoms with Crippen LogP contribution in [0.4, 0.5) is 0 Å². The summed E-state index contributed by atoms with van der Waals surface area (Å²) in [5.74, 6) is 0. The van der Waals surface area contributed by atoms with Crippen molar-refractivity contribution in [2.24, 2.45) is 0 Å². The van der Waals surface area contributed by atoms with Gasteiger partial charge in [0.15, 0.2) is 0 Å². The summed E-state index contributed by atoms with van der Waals surface area (Å²) in [4.78, 5) is 3.27. The Hall–Kier alpha value is -0.450. The smallest absolute Gasteiger partial charge is 0.109 e. The summed E-state index contributed by atoms with van der Waals surface area (Å²) in [6.45, 7) is 4.42. The largest absolute Gasteiger partial charge is 0.351 e. The molecule has 1 saturated heterocycles. The molecule has 0 bridgehead atoms. The Morgan fingerprint density at radius 2 is 2.07 bits per heavy atom. The van der Waals surface area contributed by atoms with E-state index in [0.717, 1.165) is 41.2 Å². The van der Waals surface area contributed by atoms with Crippen molar-refractivity contribution in [1.29, 1.82) is 0 Å². The van der Waals surface area contributed by atoms with E-state index in [-0.39, 0.29) is 0 Å². The van der Waals surface area contributed by atoms with Gasteiger partial charge in [0.05, 0.1) is 26.2 Å². The lowest BCUT2D eigenvalue weighted by atomic mass is 10.2. The van der Waals surface area contributed by atoms with Gasteiger partial charge in [-0.15, -0.1) is 0 Å². The van der Waals surface area contributed by atoms with Crippen molar-refractivity contribution in [3.63, 3.8) is 0 Å². The third-order valence-corrected chi connectivity index (χ3v) is 3.55. The molecule has 80 valence electrons. The van der Waals surface area contributed by atoms with E-state index in [2.05, 4.69) is 38.3 Å². The number of hydrogen-bond donors (Lipinski definition) is 1. The van der Waals surface area contributed by atoms with Gasteiger partial charge in [-0.2, -0.15) is 0 Å². The molecule has 0 spiro atoms. The molecule has 1 aliphatic rings. The third kappa shape index (κ3) is 2.77. The summed E-state index contributed by atoms with van der Waals surface area (Å²) in [5, 5.41) is 2.33. The van der Waals surface area contributed by atoms with Crippen LogP contribution in [0, 0.1) is 0 Å². The van der Waals surface area contributed by atoms with E-state index in [1.165, 1.54) is 0 Å². The molecule has 0 aromatic heterocycles. The van der Waals surface area contributed by atoms with Crippen LogP contribution in [-0.4, -0.2) is 36.1 Å². The molecule has 1 fully saturated rings. The highest BCUT2D eigenvalue weighted by atomic mass is 79.9. The van der Waals surface area contributed by atoms with E-state index < -0.39 is 0 Å². The van der Waals surface area contributed by atoms with Gasteiger partial charge in [-0.1, -0.05) is 40.3 Å².